The van der Waals surface area contributed by atoms with E-state index < -0.39 is 17.8 Å². The van der Waals surface area contributed by atoms with Crippen LogP contribution in [0.15, 0.2) is 36.4 Å². The molecule has 2 aromatic rings. The molecule has 0 saturated heterocycles. The van der Waals surface area contributed by atoms with Crippen LogP contribution in [-0.4, -0.2) is 16.9 Å². The van der Waals surface area contributed by atoms with E-state index in [1.807, 2.05) is 13.0 Å². The van der Waals surface area contributed by atoms with Crippen molar-refractivity contribution < 1.29 is 14.7 Å². The van der Waals surface area contributed by atoms with E-state index in [1.165, 1.54) is 16.9 Å². The Balaban J connectivity index is 1.74. The van der Waals surface area contributed by atoms with Crippen molar-refractivity contribution in [2.24, 2.45) is 17.8 Å². The number of nitrogens with zero attached hydrogens (tertiary/aromatic N) is 1. The molecule has 5 nitrogen and oxygen atoms in total. The highest BCUT2D eigenvalue weighted by Crippen LogP contribution is 2.32. The van der Waals surface area contributed by atoms with E-state index in [0.717, 1.165) is 22.6 Å². The number of nitrogens with one attached hydrogen (secondary N) is 1. The normalized spacial score (nSPS) is 19.0. The van der Waals surface area contributed by atoms with Crippen LogP contribution in [0.5, 0.6) is 0 Å². The molecule has 6 heteroatoms. The number of allylic oxidation sites excluding steroid dienone is 2. The van der Waals surface area contributed by atoms with Gasteiger partial charge in [-0.1, -0.05) is 50.3 Å². The zero-order valence-electron chi connectivity index (χ0n) is 16.4. The second-order valence-corrected chi connectivity index (χ2v) is 8.89. The molecule has 2 atom stereocenters. The summed E-state index contributed by atoms with van der Waals surface area (Å²) in [6.07, 6.45) is 5.40. The molecule has 1 aromatic carbocycles. The minimum absolute atomic E-state index is 0.314. The first-order chi connectivity index (χ1) is 13.3. The predicted octanol–water partition coefficient (Wildman–Crippen LogP) is 3.59. The molecule has 0 fully saturated rings. The van der Waals surface area contributed by atoms with Crippen LogP contribution < -0.4 is 10.4 Å². The van der Waals surface area contributed by atoms with Crippen LogP contribution in [0, 0.1) is 24.7 Å². The van der Waals surface area contributed by atoms with Crippen molar-refractivity contribution in [3.05, 3.63) is 46.9 Å². The Morgan fingerprint density at radius 3 is 2.43 bits per heavy atom. The largest absolute Gasteiger partial charge is 0.550 e. The zero-order valence-corrected chi connectivity index (χ0v) is 17.2. The molecule has 0 aliphatic heterocycles. The van der Waals surface area contributed by atoms with Gasteiger partial charge in [-0.25, -0.2) is 4.98 Å². The quantitative estimate of drug-likeness (QED) is 0.755. The number of amides is 1. The van der Waals surface area contributed by atoms with Crippen LogP contribution in [0.25, 0.3) is 11.3 Å². The van der Waals surface area contributed by atoms with Crippen LogP contribution in [0.2, 0.25) is 0 Å². The number of aromatic nitrogens is 1. The topological polar surface area (TPSA) is 82.1 Å². The lowest BCUT2D eigenvalue weighted by atomic mass is 9.82. The summed E-state index contributed by atoms with van der Waals surface area (Å²) in [6, 6.07) is 8.35. The molecule has 3 rings (SSSR count). The van der Waals surface area contributed by atoms with Gasteiger partial charge >= 0.3 is 0 Å². The van der Waals surface area contributed by atoms with Gasteiger partial charge in [-0.2, -0.15) is 0 Å². The van der Waals surface area contributed by atoms with E-state index >= 15 is 0 Å². The Bertz CT molecular complexity index is 884. The summed E-state index contributed by atoms with van der Waals surface area (Å²) in [5, 5.41) is 14.6. The summed E-state index contributed by atoms with van der Waals surface area (Å²) in [5.41, 5.74) is 3.14. The van der Waals surface area contributed by atoms with Crippen molar-refractivity contribution in [1.82, 2.24) is 4.98 Å². The summed E-state index contributed by atoms with van der Waals surface area (Å²) >= 11 is 1.40. The molecule has 1 amide bonds. The van der Waals surface area contributed by atoms with Crippen molar-refractivity contribution in [2.75, 3.05) is 5.32 Å². The second-order valence-electron chi connectivity index (χ2n) is 7.68. The molecule has 0 spiro atoms. The van der Waals surface area contributed by atoms with Gasteiger partial charge < -0.3 is 15.2 Å². The Morgan fingerprint density at radius 1 is 1.18 bits per heavy atom. The molecule has 148 valence electrons. The van der Waals surface area contributed by atoms with Crippen LogP contribution in [0.1, 0.15) is 37.1 Å². The Kier molecular flexibility index (Phi) is 6.29. The number of hydrogen-bond donors (Lipinski definition) is 1. The first-order valence-corrected chi connectivity index (χ1v) is 10.4. The Labute approximate surface area is 169 Å². The highest BCUT2D eigenvalue weighted by molar-refractivity contribution is 7.16. The maximum Gasteiger partial charge on any atom is 0.230 e. The second kappa shape index (κ2) is 8.69. The van der Waals surface area contributed by atoms with E-state index in [9.17, 15) is 14.7 Å². The third-order valence-corrected chi connectivity index (χ3v) is 5.86. The number of rotatable bonds is 6. The Morgan fingerprint density at radius 2 is 1.82 bits per heavy atom. The molecule has 1 heterocycles. The number of carboxylic acids is 1. The number of carboxylic acid groups (broad SMARTS) is 1. The highest BCUT2D eigenvalue weighted by Gasteiger charge is 2.30. The summed E-state index contributed by atoms with van der Waals surface area (Å²) in [6.45, 7) is 6.36. The van der Waals surface area contributed by atoms with Gasteiger partial charge in [-0.3, -0.25) is 4.79 Å². The molecule has 0 radical (unpaired) electrons. The van der Waals surface area contributed by atoms with Crippen LogP contribution in [0.3, 0.4) is 0 Å². The molecule has 1 N–H and O–H groups in total. The average molecular weight is 398 g/mol. The molecule has 1 aliphatic rings. The van der Waals surface area contributed by atoms with Gasteiger partial charge in [0, 0.05) is 22.3 Å². The van der Waals surface area contributed by atoms with E-state index in [1.54, 1.807) is 6.08 Å². The van der Waals surface area contributed by atoms with Gasteiger partial charge in [0.05, 0.1) is 11.6 Å². The summed E-state index contributed by atoms with van der Waals surface area (Å²) in [4.78, 5) is 29.5. The Hall–Kier alpha value is -2.47. The number of benzene rings is 1. The number of carbonyl (C=O) groups is 2. The monoisotopic (exact) mass is 397 g/mol. The SMILES string of the molecule is Cc1sc(NC(=O)[C@@H]2CC=CC[C@@H]2C(=O)[O-])nc1-c1ccc(CC(C)C)cc1. The number of hydrogen-bond acceptors (Lipinski definition) is 5. The van der Waals surface area contributed by atoms with E-state index in [0.29, 0.717) is 23.9 Å². The van der Waals surface area contributed by atoms with Crippen LogP contribution >= 0.6 is 11.3 Å². The molecule has 1 aliphatic carbocycles. The first-order valence-electron chi connectivity index (χ1n) is 9.58. The lowest BCUT2D eigenvalue weighted by molar-refractivity contribution is -0.313. The number of aliphatic carboxylic acids is 1. The molecule has 1 aromatic heterocycles. The van der Waals surface area contributed by atoms with Crippen molar-refractivity contribution in [3.8, 4) is 11.3 Å². The minimum atomic E-state index is -1.18. The smallest absolute Gasteiger partial charge is 0.230 e. The molecule has 0 unspecified atom stereocenters. The van der Waals surface area contributed by atoms with E-state index in [4.69, 9.17) is 0 Å². The average Bonchev–Trinajstić information content (AvgIpc) is 3.02. The first kappa shape index (κ1) is 20.3. The van der Waals surface area contributed by atoms with E-state index in [2.05, 4.69) is 48.4 Å². The highest BCUT2D eigenvalue weighted by atomic mass is 32.1. The predicted molar refractivity (Wildman–Crippen MR) is 110 cm³/mol. The van der Waals surface area contributed by atoms with Crippen molar-refractivity contribution in [1.29, 1.82) is 0 Å². The summed E-state index contributed by atoms with van der Waals surface area (Å²) in [7, 11) is 0. The molecule has 0 bridgehead atoms. The van der Waals surface area contributed by atoms with Gasteiger partial charge in [-0.15, -0.1) is 11.3 Å². The van der Waals surface area contributed by atoms with Gasteiger partial charge in [0.1, 0.15) is 0 Å². The molecule has 0 saturated carbocycles. The maximum absolute atomic E-state index is 12.6. The summed E-state index contributed by atoms with van der Waals surface area (Å²) < 4.78 is 0. The number of carbonyl (C=O) groups excluding carboxylic acids is 2. The van der Waals surface area contributed by atoms with Gasteiger partial charge in [0.25, 0.3) is 0 Å². The van der Waals surface area contributed by atoms with Gasteiger partial charge in [-0.05, 0) is 37.7 Å². The fourth-order valence-electron chi connectivity index (χ4n) is 3.55. The third-order valence-electron chi connectivity index (χ3n) is 4.97. The third kappa shape index (κ3) is 4.68. The van der Waals surface area contributed by atoms with Gasteiger partial charge in [0.15, 0.2) is 5.13 Å². The molecule has 28 heavy (non-hydrogen) atoms. The van der Waals surface area contributed by atoms with Gasteiger partial charge in [0.2, 0.25) is 5.91 Å². The van der Waals surface area contributed by atoms with Crippen molar-refractivity contribution in [2.45, 2.75) is 40.0 Å². The van der Waals surface area contributed by atoms with Crippen LogP contribution in [-0.2, 0) is 16.0 Å². The summed E-state index contributed by atoms with van der Waals surface area (Å²) in [5.74, 6) is -2.31. The lowest BCUT2D eigenvalue weighted by Crippen LogP contribution is -2.41. The maximum atomic E-state index is 12.6. The standard InChI is InChI=1S/C22H26N2O3S/c1-13(2)12-15-8-10-16(11-9-15)19-14(3)28-22(23-19)24-20(25)17-6-4-5-7-18(17)21(26)27/h4-5,8-11,13,17-18H,6-7,12H2,1-3H3,(H,26,27)(H,23,24,25)/p-1/t17-,18+/m1/s1. The van der Waals surface area contributed by atoms with Crippen molar-refractivity contribution in [3.63, 3.8) is 0 Å². The fourth-order valence-corrected chi connectivity index (χ4v) is 4.39. The minimum Gasteiger partial charge on any atom is -0.550 e. The fraction of sp³-hybridized carbons (Fsp3) is 0.409. The number of thiazole rings is 1. The van der Waals surface area contributed by atoms with Crippen LogP contribution in [0.4, 0.5) is 5.13 Å². The number of anilines is 1. The molecular formula is C22H25N2O3S-. The molecular weight excluding hydrogens is 372 g/mol. The zero-order chi connectivity index (χ0) is 20.3. The number of aryl methyl sites for hydroxylation is 1. The van der Waals surface area contributed by atoms with E-state index in [-0.39, 0.29) is 5.91 Å². The lowest BCUT2D eigenvalue weighted by Gasteiger charge is -2.27. The van der Waals surface area contributed by atoms with Crippen molar-refractivity contribution >= 4 is 28.3 Å².